The highest BCUT2D eigenvalue weighted by Gasteiger charge is 2.12. The van der Waals surface area contributed by atoms with Gasteiger partial charge in [-0.05, 0) is 37.0 Å². The molecule has 2 amide bonds. The molecule has 0 unspecified atom stereocenters. The van der Waals surface area contributed by atoms with Crippen LogP contribution in [0.1, 0.15) is 24.1 Å². The van der Waals surface area contributed by atoms with Crippen molar-refractivity contribution >= 4 is 34.8 Å². The molecular weight excluding hydrogens is 468 g/mol. The summed E-state index contributed by atoms with van der Waals surface area (Å²) in [5, 5.41) is 5.66. The highest BCUT2D eigenvalue weighted by molar-refractivity contribution is 6.06. The predicted octanol–water partition coefficient (Wildman–Crippen LogP) is 0.952. The van der Waals surface area contributed by atoms with Gasteiger partial charge < -0.3 is 15.8 Å². The number of hydrogen-bond donors (Lipinski definition) is 4. The fourth-order valence-corrected chi connectivity index (χ4v) is 4.00. The number of urea groups is 1. The normalized spacial score (nSPS) is 14.8. The number of aromatic nitrogens is 3. The van der Waals surface area contributed by atoms with Gasteiger partial charge in [-0.2, -0.15) is 0 Å². The van der Waals surface area contributed by atoms with Gasteiger partial charge in [0.15, 0.2) is 18.4 Å². The van der Waals surface area contributed by atoms with Crippen LogP contribution in [0.5, 0.6) is 0 Å². The maximum Gasteiger partial charge on any atom is 0.320 e. The standard InChI is InChI=1S/C27H34N8O2/c28-18-22(19-29-12-13-35-14-16-37-17-15-35)24-20-31-23-9-10-25(33-26(23)32-24)34-27(36)30-11-5-4-8-21-6-2-1-3-7-21/h1-3,6-7,9-10,18-20H,4-5,8,11-17,28H2,(H2,30,32,33,34,36)/p+1. The zero-order valence-electron chi connectivity index (χ0n) is 21.0. The first-order valence-electron chi connectivity index (χ1n) is 12.7. The molecule has 0 aliphatic carbocycles. The number of allylic oxidation sites excluding steroid dienone is 1. The topological polar surface area (TPSA) is 132 Å². The van der Waals surface area contributed by atoms with Crippen molar-refractivity contribution in [3.8, 4) is 0 Å². The highest BCUT2D eigenvalue weighted by atomic mass is 16.5. The van der Waals surface area contributed by atoms with Crippen molar-refractivity contribution in [3.05, 3.63) is 66.1 Å². The van der Waals surface area contributed by atoms with E-state index < -0.39 is 0 Å². The van der Waals surface area contributed by atoms with Gasteiger partial charge in [0.2, 0.25) is 0 Å². The fraction of sp³-hybridized carbons (Fsp3) is 0.370. The highest BCUT2D eigenvalue weighted by Crippen LogP contribution is 2.14. The third-order valence-corrected chi connectivity index (χ3v) is 6.08. The minimum atomic E-state index is -0.295. The quantitative estimate of drug-likeness (QED) is 0.226. The van der Waals surface area contributed by atoms with E-state index in [0.717, 1.165) is 58.7 Å². The Labute approximate surface area is 217 Å². The van der Waals surface area contributed by atoms with Gasteiger partial charge in [0.1, 0.15) is 11.3 Å². The number of ether oxygens (including phenoxy) is 1. The van der Waals surface area contributed by atoms with E-state index in [1.807, 2.05) is 24.4 Å². The third-order valence-electron chi connectivity index (χ3n) is 6.08. The second-order valence-electron chi connectivity index (χ2n) is 8.79. The van der Waals surface area contributed by atoms with E-state index in [1.165, 1.54) is 11.8 Å². The zero-order valence-corrected chi connectivity index (χ0v) is 21.0. The predicted molar refractivity (Wildman–Crippen MR) is 145 cm³/mol. The van der Waals surface area contributed by atoms with Gasteiger partial charge in [0.05, 0.1) is 37.2 Å². The third kappa shape index (κ3) is 8.33. The molecule has 1 fully saturated rings. The van der Waals surface area contributed by atoms with Crippen LogP contribution >= 0.6 is 0 Å². The van der Waals surface area contributed by atoms with Gasteiger partial charge in [-0.15, -0.1) is 0 Å². The summed E-state index contributed by atoms with van der Waals surface area (Å²) in [5.41, 5.74) is 9.54. The van der Waals surface area contributed by atoms with Crippen molar-refractivity contribution in [2.45, 2.75) is 19.3 Å². The Hall–Kier alpha value is -3.89. The second-order valence-corrected chi connectivity index (χ2v) is 8.79. The molecule has 0 atom stereocenters. The van der Waals surface area contributed by atoms with E-state index in [9.17, 15) is 4.79 Å². The summed E-state index contributed by atoms with van der Waals surface area (Å²) in [6.07, 6.45) is 7.89. The van der Waals surface area contributed by atoms with Crippen molar-refractivity contribution in [3.63, 3.8) is 0 Å². The first-order chi connectivity index (χ1) is 18.2. The minimum absolute atomic E-state index is 0.295. The summed E-state index contributed by atoms with van der Waals surface area (Å²) in [5.74, 6) is 0.409. The largest absolute Gasteiger partial charge is 0.404 e. The molecule has 3 aromatic rings. The molecule has 5 N–H and O–H groups in total. The van der Waals surface area contributed by atoms with E-state index in [-0.39, 0.29) is 6.03 Å². The lowest BCUT2D eigenvalue weighted by atomic mass is 10.1. The molecule has 1 aliphatic heterocycles. The minimum Gasteiger partial charge on any atom is -0.404 e. The Morgan fingerprint density at radius 3 is 2.76 bits per heavy atom. The number of anilines is 1. The number of amides is 2. The van der Waals surface area contributed by atoms with Gasteiger partial charge in [-0.25, -0.2) is 19.8 Å². The lowest BCUT2D eigenvalue weighted by molar-refractivity contribution is -0.451. The van der Waals surface area contributed by atoms with Gasteiger partial charge in [0, 0.05) is 25.8 Å². The fourth-order valence-electron chi connectivity index (χ4n) is 4.00. The second kappa shape index (κ2) is 14.0. The number of nitrogens with one attached hydrogen (secondary N) is 3. The van der Waals surface area contributed by atoms with Gasteiger partial charge in [-0.3, -0.25) is 15.2 Å². The molecule has 194 valence electrons. The van der Waals surface area contributed by atoms with E-state index >= 15 is 0 Å². The van der Waals surface area contributed by atoms with Crippen LogP contribution in [0.15, 0.2) is 54.9 Å². The first kappa shape index (κ1) is 26.2. The van der Waals surface area contributed by atoms with Crippen molar-refractivity contribution < 1.29 is 14.5 Å². The molecule has 1 aromatic carbocycles. The molecule has 4 rings (SSSR count). The molecule has 10 nitrogen and oxygen atoms in total. The summed E-state index contributed by atoms with van der Waals surface area (Å²) in [6, 6.07) is 13.5. The Kier molecular flexibility index (Phi) is 9.91. The molecule has 0 bridgehead atoms. The van der Waals surface area contributed by atoms with Crippen molar-refractivity contribution in [2.24, 2.45) is 5.73 Å². The van der Waals surface area contributed by atoms with E-state index in [0.29, 0.717) is 34.8 Å². The lowest BCUT2D eigenvalue weighted by Crippen LogP contribution is -2.71. The number of hydrogen-bond acceptors (Lipinski definition) is 7. The summed E-state index contributed by atoms with van der Waals surface area (Å²) >= 11 is 0. The van der Waals surface area contributed by atoms with E-state index in [1.54, 1.807) is 18.3 Å². The molecule has 1 saturated heterocycles. The molecule has 3 heterocycles. The zero-order chi connectivity index (χ0) is 25.7. The Morgan fingerprint density at radius 1 is 1.11 bits per heavy atom. The number of nitrogens with two attached hydrogens (primary N) is 1. The van der Waals surface area contributed by atoms with E-state index in [2.05, 4.69) is 47.6 Å². The van der Waals surface area contributed by atoms with Crippen molar-refractivity contribution in [1.29, 1.82) is 0 Å². The van der Waals surface area contributed by atoms with Crippen molar-refractivity contribution in [1.82, 2.24) is 25.2 Å². The number of pyridine rings is 1. The molecule has 1 aliphatic rings. The maximum atomic E-state index is 12.3. The molecule has 0 saturated carbocycles. The molecule has 10 heteroatoms. The molecule has 37 heavy (non-hydrogen) atoms. The number of nitrogens with zero attached hydrogens (tertiary/aromatic N) is 4. The average molecular weight is 504 g/mol. The number of rotatable bonds is 11. The van der Waals surface area contributed by atoms with Crippen LogP contribution in [-0.4, -0.2) is 78.0 Å². The number of morpholine rings is 1. The number of carbonyl (C=O) groups excluding carboxylic acids is 1. The van der Waals surface area contributed by atoms with Crippen LogP contribution in [0.25, 0.3) is 16.7 Å². The van der Waals surface area contributed by atoms with Crippen LogP contribution in [-0.2, 0) is 11.2 Å². The molecule has 2 aromatic heterocycles. The lowest BCUT2D eigenvalue weighted by Gasteiger charge is -2.24. The van der Waals surface area contributed by atoms with Crippen LogP contribution in [0.4, 0.5) is 10.6 Å². The first-order valence-corrected chi connectivity index (χ1v) is 12.7. The van der Waals surface area contributed by atoms with Crippen LogP contribution in [0.2, 0.25) is 0 Å². The van der Waals surface area contributed by atoms with E-state index in [4.69, 9.17) is 10.5 Å². The number of unbranched alkanes of at least 4 members (excludes halogenated alkanes) is 1. The monoisotopic (exact) mass is 503 g/mol. The molecule has 0 radical (unpaired) electrons. The number of carbonyl (C=O) groups is 1. The average Bonchev–Trinajstić information content (AvgIpc) is 2.94. The number of fused-ring (bicyclic) bond motifs is 1. The van der Waals surface area contributed by atoms with Crippen LogP contribution in [0.3, 0.4) is 0 Å². The molecular formula is C27H35N8O2+. The summed E-state index contributed by atoms with van der Waals surface area (Å²) in [6.45, 7) is 5.76. The Balaban J connectivity index is 1.27. The smallest absolute Gasteiger partial charge is 0.320 e. The SMILES string of the molecule is NC=C(C=[NH+]CCN1CCOCC1)c1cnc2ccc(NC(=O)NCCCCc3ccccc3)nc2n1. The number of benzene rings is 1. The van der Waals surface area contributed by atoms with Crippen molar-refractivity contribution in [2.75, 3.05) is 51.3 Å². The van der Waals surface area contributed by atoms with Gasteiger partial charge in [-0.1, -0.05) is 30.3 Å². The Morgan fingerprint density at radius 2 is 1.95 bits per heavy atom. The van der Waals surface area contributed by atoms with Crippen LogP contribution < -0.4 is 21.4 Å². The summed E-state index contributed by atoms with van der Waals surface area (Å²) in [7, 11) is 0. The number of aryl methyl sites for hydroxylation is 1. The summed E-state index contributed by atoms with van der Waals surface area (Å²) < 4.78 is 5.38. The van der Waals surface area contributed by atoms with Gasteiger partial charge in [0.25, 0.3) is 0 Å². The molecule has 0 spiro atoms. The van der Waals surface area contributed by atoms with Crippen LogP contribution in [0, 0.1) is 0 Å². The summed E-state index contributed by atoms with van der Waals surface area (Å²) in [4.78, 5) is 31.5. The maximum absolute atomic E-state index is 12.3. The Bertz CT molecular complexity index is 1210. The van der Waals surface area contributed by atoms with Gasteiger partial charge >= 0.3 is 6.03 Å².